The number of hydrogen-bond acceptors (Lipinski definition) is 2. The fourth-order valence-electron chi connectivity index (χ4n) is 1.38. The third-order valence-electron chi connectivity index (χ3n) is 2.45. The maximum Gasteiger partial charge on any atom is 0.00787 e. The number of unbranched alkanes of at least 4 members (excludes halogenated alkanes) is 1. The zero-order valence-electron chi connectivity index (χ0n) is 8.98. The van der Waals surface area contributed by atoms with E-state index in [-0.39, 0.29) is 0 Å². The zero-order chi connectivity index (χ0) is 9.40. The largest absolute Gasteiger partial charge is 0.317 e. The molecule has 2 N–H and O–H groups in total. The molecule has 0 rings (SSSR count). The van der Waals surface area contributed by atoms with Crippen LogP contribution in [0.4, 0.5) is 0 Å². The van der Waals surface area contributed by atoms with Crippen molar-refractivity contribution in [3.63, 3.8) is 0 Å². The summed E-state index contributed by atoms with van der Waals surface area (Å²) in [7, 11) is 4.08. The lowest BCUT2D eigenvalue weighted by Gasteiger charge is -2.19. The van der Waals surface area contributed by atoms with Crippen molar-refractivity contribution in [2.75, 3.05) is 14.1 Å². The molecule has 0 fully saturated rings. The highest BCUT2D eigenvalue weighted by Gasteiger charge is 2.08. The third-order valence-corrected chi connectivity index (χ3v) is 2.45. The van der Waals surface area contributed by atoms with E-state index in [2.05, 4.69) is 31.5 Å². The Balaban J connectivity index is 3.51. The van der Waals surface area contributed by atoms with Crippen LogP contribution >= 0.6 is 0 Å². The van der Waals surface area contributed by atoms with Gasteiger partial charge in [0.25, 0.3) is 0 Å². The normalized spacial score (nSPS) is 16.0. The van der Waals surface area contributed by atoms with Crippen molar-refractivity contribution in [2.45, 2.75) is 51.6 Å². The molecule has 0 saturated heterocycles. The van der Waals surface area contributed by atoms with Crippen LogP contribution in [0.5, 0.6) is 0 Å². The van der Waals surface area contributed by atoms with Crippen LogP contribution in [-0.4, -0.2) is 26.2 Å². The van der Waals surface area contributed by atoms with Crippen molar-refractivity contribution in [3.05, 3.63) is 0 Å². The van der Waals surface area contributed by atoms with Crippen LogP contribution < -0.4 is 10.6 Å². The van der Waals surface area contributed by atoms with Gasteiger partial charge in [-0.25, -0.2) is 0 Å². The zero-order valence-corrected chi connectivity index (χ0v) is 8.98. The summed E-state index contributed by atoms with van der Waals surface area (Å²) in [4.78, 5) is 0. The summed E-state index contributed by atoms with van der Waals surface area (Å²) in [5, 5.41) is 6.63. The predicted molar refractivity (Wildman–Crippen MR) is 55.5 cm³/mol. The molecule has 0 saturated carbocycles. The molecule has 0 bridgehead atoms. The second-order valence-corrected chi connectivity index (χ2v) is 3.55. The Morgan fingerprint density at radius 3 is 2.25 bits per heavy atom. The molecule has 2 heteroatoms. The molecule has 0 amide bonds. The monoisotopic (exact) mass is 172 g/mol. The Labute approximate surface area is 77.1 Å². The Kier molecular flexibility index (Phi) is 7.51. The maximum absolute atomic E-state index is 3.36. The Hall–Kier alpha value is -0.0800. The van der Waals surface area contributed by atoms with E-state index in [1.807, 2.05) is 7.05 Å². The van der Waals surface area contributed by atoms with E-state index in [4.69, 9.17) is 0 Å². The van der Waals surface area contributed by atoms with Gasteiger partial charge in [0.15, 0.2) is 0 Å². The van der Waals surface area contributed by atoms with Crippen molar-refractivity contribution < 1.29 is 0 Å². The first-order valence-electron chi connectivity index (χ1n) is 5.09. The Morgan fingerprint density at radius 2 is 1.83 bits per heavy atom. The Morgan fingerprint density at radius 1 is 1.17 bits per heavy atom. The van der Waals surface area contributed by atoms with Crippen LogP contribution in [0.1, 0.15) is 39.5 Å². The van der Waals surface area contributed by atoms with Crippen molar-refractivity contribution in [1.82, 2.24) is 10.6 Å². The van der Waals surface area contributed by atoms with Gasteiger partial charge in [-0.05, 0) is 33.9 Å². The summed E-state index contributed by atoms with van der Waals surface area (Å²) >= 11 is 0. The second-order valence-electron chi connectivity index (χ2n) is 3.55. The van der Waals surface area contributed by atoms with Gasteiger partial charge in [-0.1, -0.05) is 19.8 Å². The topological polar surface area (TPSA) is 24.1 Å². The second kappa shape index (κ2) is 7.56. The van der Waals surface area contributed by atoms with Crippen LogP contribution in [0, 0.1) is 0 Å². The molecule has 0 heterocycles. The number of nitrogens with one attached hydrogen (secondary N) is 2. The van der Waals surface area contributed by atoms with E-state index in [1.54, 1.807) is 0 Å². The van der Waals surface area contributed by atoms with Crippen LogP contribution in [0.25, 0.3) is 0 Å². The van der Waals surface area contributed by atoms with Gasteiger partial charge in [0.1, 0.15) is 0 Å². The summed E-state index contributed by atoms with van der Waals surface area (Å²) in [6.07, 6.45) is 5.17. The molecule has 0 radical (unpaired) electrons. The van der Waals surface area contributed by atoms with E-state index in [1.165, 1.54) is 25.7 Å². The average Bonchev–Trinajstić information content (AvgIpc) is 2.11. The van der Waals surface area contributed by atoms with E-state index in [0.717, 1.165) is 0 Å². The van der Waals surface area contributed by atoms with E-state index < -0.39 is 0 Å². The molecule has 0 spiro atoms. The van der Waals surface area contributed by atoms with Gasteiger partial charge in [0.05, 0.1) is 0 Å². The van der Waals surface area contributed by atoms with Gasteiger partial charge in [-0.3, -0.25) is 0 Å². The maximum atomic E-state index is 3.36. The molecule has 0 aromatic heterocycles. The molecule has 12 heavy (non-hydrogen) atoms. The fourth-order valence-corrected chi connectivity index (χ4v) is 1.38. The lowest BCUT2D eigenvalue weighted by Crippen LogP contribution is -2.33. The standard InChI is InChI=1S/C10H24N2/c1-5-6-7-10(12-4)8-9(2)11-3/h9-12H,5-8H2,1-4H3/t9-,10?/m0/s1. The van der Waals surface area contributed by atoms with E-state index >= 15 is 0 Å². The minimum Gasteiger partial charge on any atom is -0.317 e. The summed E-state index contributed by atoms with van der Waals surface area (Å²) in [6, 6.07) is 1.31. The van der Waals surface area contributed by atoms with Gasteiger partial charge in [-0.15, -0.1) is 0 Å². The van der Waals surface area contributed by atoms with Crippen LogP contribution in [-0.2, 0) is 0 Å². The third kappa shape index (κ3) is 5.56. The molecule has 0 aromatic carbocycles. The van der Waals surface area contributed by atoms with Crippen LogP contribution in [0.3, 0.4) is 0 Å². The molecule has 1 unspecified atom stereocenters. The minimum atomic E-state index is 0.624. The fraction of sp³-hybridized carbons (Fsp3) is 1.00. The van der Waals surface area contributed by atoms with Crippen molar-refractivity contribution >= 4 is 0 Å². The summed E-state index contributed by atoms with van der Waals surface area (Å²) in [6.45, 7) is 4.48. The molecule has 74 valence electrons. The molecule has 2 atom stereocenters. The molecule has 2 nitrogen and oxygen atoms in total. The highest BCUT2D eigenvalue weighted by molar-refractivity contribution is 4.70. The minimum absolute atomic E-state index is 0.624. The summed E-state index contributed by atoms with van der Waals surface area (Å²) < 4.78 is 0. The molecule has 0 aromatic rings. The van der Waals surface area contributed by atoms with Gasteiger partial charge < -0.3 is 10.6 Å². The smallest absolute Gasteiger partial charge is 0.00787 e. The SMILES string of the molecule is CCCCC(C[C@H](C)NC)NC. The van der Waals surface area contributed by atoms with Crippen molar-refractivity contribution in [3.8, 4) is 0 Å². The lowest BCUT2D eigenvalue weighted by molar-refractivity contribution is 0.415. The lowest BCUT2D eigenvalue weighted by atomic mass is 10.0. The first kappa shape index (κ1) is 11.9. The first-order valence-corrected chi connectivity index (χ1v) is 5.09. The highest BCUT2D eigenvalue weighted by Crippen LogP contribution is 2.06. The molecular weight excluding hydrogens is 148 g/mol. The first-order chi connectivity index (χ1) is 5.74. The van der Waals surface area contributed by atoms with Crippen LogP contribution in [0.2, 0.25) is 0 Å². The van der Waals surface area contributed by atoms with E-state index in [0.29, 0.717) is 12.1 Å². The molecule has 0 aliphatic rings. The quantitative estimate of drug-likeness (QED) is 0.611. The number of rotatable bonds is 7. The Bertz CT molecular complexity index is 93.8. The van der Waals surface area contributed by atoms with Gasteiger partial charge in [0.2, 0.25) is 0 Å². The highest BCUT2D eigenvalue weighted by atomic mass is 14.9. The van der Waals surface area contributed by atoms with Crippen LogP contribution in [0.15, 0.2) is 0 Å². The average molecular weight is 172 g/mol. The van der Waals surface area contributed by atoms with Gasteiger partial charge in [0, 0.05) is 12.1 Å². The summed E-state index contributed by atoms with van der Waals surface area (Å²) in [5.74, 6) is 0. The van der Waals surface area contributed by atoms with Gasteiger partial charge in [-0.2, -0.15) is 0 Å². The van der Waals surface area contributed by atoms with Crippen molar-refractivity contribution in [1.29, 1.82) is 0 Å². The molecular formula is C10H24N2. The summed E-state index contributed by atoms with van der Waals surface area (Å²) in [5.41, 5.74) is 0. The predicted octanol–water partition coefficient (Wildman–Crippen LogP) is 1.76. The molecule has 0 aliphatic heterocycles. The van der Waals surface area contributed by atoms with E-state index in [9.17, 15) is 0 Å². The van der Waals surface area contributed by atoms with Gasteiger partial charge >= 0.3 is 0 Å². The molecule has 0 aliphatic carbocycles. The van der Waals surface area contributed by atoms with Crippen molar-refractivity contribution in [2.24, 2.45) is 0 Å². The number of hydrogen-bond donors (Lipinski definition) is 2.